The minimum atomic E-state index is -0.184. The number of aliphatic imine (C=N–C) groups is 1. The lowest BCUT2D eigenvalue weighted by atomic mass is 10.1. The predicted octanol–water partition coefficient (Wildman–Crippen LogP) is 3.03. The zero-order valence-electron chi connectivity index (χ0n) is 14.2. The Kier molecular flexibility index (Phi) is 7.88. The van der Waals surface area contributed by atoms with Crippen LogP contribution in [0.3, 0.4) is 0 Å². The molecule has 0 aromatic heterocycles. The molecular weight excluding hydrogens is 281 g/mol. The van der Waals surface area contributed by atoms with Crippen molar-refractivity contribution in [2.24, 2.45) is 10.9 Å². The maximum Gasteiger partial charge on any atom is 0.191 e. The van der Waals surface area contributed by atoms with Crippen LogP contribution in [-0.4, -0.2) is 32.8 Å². The van der Waals surface area contributed by atoms with Gasteiger partial charge in [0.25, 0.3) is 0 Å². The summed E-state index contributed by atoms with van der Waals surface area (Å²) in [5.41, 5.74) is 1.54. The molecule has 0 saturated carbocycles. The first-order valence-electron chi connectivity index (χ1n) is 7.75. The van der Waals surface area contributed by atoms with Crippen LogP contribution in [0, 0.1) is 18.7 Å². The number of halogens is 1. The van der Waals surface area contributed by atoms with Gasteiger partial charge in [-0.25, -0.2) is 4.39 Å². The topological polar surface area (TPSA) is 45.7 Å². The molecule has 0 fully saturated rings. The fourth-order valence-corrected chi connectivity index (χ4v) is 1.92. The first kappa shape index (κ1) is 18.4. The third-order valence-corrected chi connectivity index (χ3v) is 3.26. The second kappa shape index (κ2) is 9.41. The maximum atomic E-state index is 13.6. The second-order valence-electron chi connectivity index (χ2n) is 5.84. The van der Waals surface area contributed by atoms with Crippen LogP contribution >= 0.6 is 0 Å². The van der Waals surface area contributed by atoms with Crippen LogP contribution in [0.1, 0.15) is 37.9 Å². The fraction of sp³-hybridized carbons (Fsp3) is 0.588. The van der Waals surface area contributed by atoms with Crippen LogP contribution in [0.25, 0.3) is 0 Å². The summed E-state index contributed by atoms with van der Waals surface area (Å²) < 4.78 is 19.1. The summed E-state index contributed by atoms with van der Waals surface area (Å²) in [5, 5.41) is 6.44. The highest BCUT2D eigenvalue weighted by Crippen LogP contribution is 2.16. The molecule has 0 amide bonds. The molecule has 1 aromatic carbocycles. The Bertz CT molecular complexity index is 489. The van der Waals surface area contributed by atoms with E-state index < -0.39 is 0 Å². The highest BCUT2D eigenvalue weighted by Gasteiger charge is 2.09. The van der Waals surface area contributed by atoms with Crippen molar-refractivity contribution in [3.8, 4) is 0 Å². The Morgan fingerprint density at radius 2 is 2.05 bits per heavy atom. The summed E-state index contributed by atoms with van der Waals surface area (Å²) in [5.74, 6) is 1.03. The summed E-state index contributed by atoms with van der Waals surface area (Å²) in [4.78, 5) is 4.17. The van der Waals surface area contributed by atoms with Gasteiger partial charge in [0, 0.05) is 20.2 Å². The van der Waals surface area contributed by atoms with Crippen LogP contribution in [0.15, 0.2) is 23.2 Å². The molecule has 0 saturated heterocycles. The van der Waals surface area contributed by atoms with Gasteiger partial charge >= 0.3 is 0 Å². The molecule has 5 heteroatoms. The Balaban J connectivity index is 2.43. The standard InChI is InChI=1S/C17H28FN3O/c1-12(2)11-22-9-8-20-17(19-5)21-14(4)15-7-6-13(3)16(18)10-15/h6-7,10,12,14H,8-9,11H2,1-5H3,(H2,19,20,21). The highest BCUT2D eigenvalue weighted by molar-refractivity contribution is 5.80. The van der Waals surface area contributed by atoms with E-state index in [1.54, 1.807) is 26.1 Å². The van der Waals surface area contributed by atoms with Crippen molar-refractivity contribution in [3.63, 3.8) is 0 Å². The number of guanidine groups is 1. The Hall–Kier alpha value is -1.62. The molecule has 0 spiro atoms. The fourth-order valence-electron chi connectivity index (χ4n) is 1.92. The molecule has 22 heavy (non-hydrogen) atoms. The van der Waals surface area contributed by atoms with E-state index in [0.717, 1.165) is 12.2 Å². The average Bonchev–Trinajstić information content (AvgIpc) is 2.47. The third-order valence-electron chi connectivity index (χ3n) is 3.26. The lowest BCUT2D eigenvalue weighted by Gasteiger charge is -2.19. The van der Waals surface area contributed by atoms with Crippen LogP contribution < -0.4 is 10.6 Å². The quantitative estimate of drug-likeness (QED) is 0.462. The number of aryl methyl sites for hydroxylation is 1. The van der Waals surface area contributed by atoms with Crippen molar-refractivity contribution in [2.45, 2.75) is 33.7 Å². The van der Waals surface area contributed by atoms with Crippen molar-refractivity contribution >= 4 is 5.96 Å². The molecule has 1 aromatic rings. The molecule has 0 bridgehead atoms. The van der Waals surface area contributed by atoms with E-state index in [0.29, 0.717) is 30.6 Å². The minimum Gasteiger partial charge on any atom is -0.379 e. The average molecular weight is 309 g/mol. The van der Waals surface area contributed by atoms with E-state index in [1.165, 1.54) is 0 Å². The summed E-state index contributed by atoms with van der Waals surface area (Å²) in [6.45, 7) is 10.0. The summed E-state index contributed by atoms with van der Waals surface area (Å²) in [7, 11) is 1.72. The van der Waals surface area contributed by atoms with Gasteiger partial charge in [-0.15, -0.1) is 0 Å². The zero-order valence-corrected chi connectivity index (χ0v) is 14.2. The number of benzene rings is 1. The first-order valence-corrected chi connectivity index (χ1v) is 7.75. The lowest BCUT2D eigenvalue weighted by molar-refractivity contribution is 0.114. The predicted molar refractivity (Wildman–Crippen MR) is 89.7 cm³/mol. The SMILES string of the molecule is CN=C(NCCOCC(C)C)NC(C)c1ccc(C)c(F)c1. The molecule has 0 radical (unpaired) electrons. The minimum absolute atomic E-state index is 0.0297. The molecule has 1 unspecified atom stereocenters. The van der Waals surface area contributed by atoms with Gasteiger partial charge in [0.1, 0.15) is 5.82 Å². The first-order chi connectivity index (χ1) is 10.4. The van der Waals surface area contributed by atoms with Gasteiger partial charge in [-0.3, -0.25) is 4.99 Å². The summed E-state index contributed by atoms with van der Waals surface area (Å²) in [6, 6.07) is 5.25. The molecular formula is C17H28FN3O. The normalized spacial score (nSPS) is 13.3. The monoisotopic (exact) mass is 309 g/mol. The van der Waals surface area contributed by atoms with Gasteiger partial charge in [-0.05, 0) is 37.0 Å². The third kappa shape index (κ3) is 6.43. The van der Waals surface area contributed by atoms with E-state index in [4.69, 9.17) is 4.74 Å². The zero-order chi connectivity index (χ0) is 16.5. The maximum absolute atomic E-state index is 13.6. The Morgan fingerprint density at radius 1 is 1.32 bits per heavy atom. The number of ether oxygens (including phenoxy) is 1. The van der Waals surface area contributed by atoms with Gasteiger partial charge in [-0.1, -0.05) is 26.0 Å². The Morgan fingerprint density at radius 3 is 2.64 bits per heavy atom. The molecule has 0 heterocycles. The molecule has 4 nitrogen and oxygen atoms in total. The van der Waals surface area contributed by atoms with Crippen LogP contribution in [-0.2, 0) is 4.74 Å². The number of hydrogen-bond donors (Lipinski definition) is 2. The summed E-state index contributed by atoms with van der Waals surface area (Å²) >= 11 is 0. The summed E-state index contributed by atoms with van der Waals surface area (Å²) in [6.07, 6.45) is 0. The number of nitrogens with zero attached hydrogens (tertiary/aromatic N) is 1. The van der Waals surface area contributed by atoms with E-state index in [1.807, 2.05) is 13.0 Å². The van der Waals surface area contributed by atoms with Crippen molar-refractivity contribution in [1.82, 2.24) is 10.6 Å². The smallest absolute Gasteiger partial charge is 0.191 e. The van der Waals surface area contributed by atoms with Gasteiger partial charge in [0.05, 0.1) is 12.6 Å². The lowest BCUT2D eigenvalue weighted by Crippen LogP contribution is -2.40. The van der Waals surface area contributed by atoms with Crippen molar-refractivity contribution < 1.29 is 9.13 Å². The molecule has 2 N–H and O–H groups in total. The Labute approximate surface area is 133 Å². The molecule has 0 aliphatic rings. The van der Waals surface area contributed by atoms with Crippen molar-refractivity contribution in [2.75, 3.05) is 26.8 Å². The second-order valence-corrected chi connectivity index (χ2v) is 5.84. The highest BCUT2D eigenvalue weighted by atomic mass is 19.1. The van der Waals surface area contributed by atoms with Gasteiger partial charge in [0.15, 0.2) is 5.96 Å². The molecule has 1 rings (SSSR count). The number of rotatable bonds is 7. The van der Waals surface area contributed by atoms with Crippen LogP contribution in [0.2, 0.25) is 0 Å². The largest absolute Gasteiger partial charge is 0.379 e. The molecule has 124 valence electrons. The van der Waals surface area contributed by atoms with Crippen molar-refractivity contribution in [1.29, 1.82) is 0 Å². The van der Waals surface area contributed by atoms with E-state index in [2.05, 4.69) is 29.5 Å². The number of hydrogen-bond acceptors (Lipinski definition) is 2. The van der Waals surface area contributed by atoms with E-state index in [9.17, 15) is 4.39 Å². The van der Waals surface area contributed by atoms with Crippen molar-refractivity contribution in [3.05, 3.63) is 35.1 Å². The number of nitrogens with one attached hydrogen (secondary N) is 2. The molecule has 0 aliphatic heterocycles. The van der Waals surface area contributed by atoms with Gasteiger partial charge in [-0.2, -0.15) is 0 Å². The molecule has 1 atom stereocenters. The molecule has 0 aliphatic carbocycles. The van der Waals surface area contributed by atoms with Gasteiger partial charge in [0.2, 0.25) is 0 Å². The van der Waals surface area contributed by atoms with Crippen LogP contribution in [0.5, 0.6) is 0 Å². The van der Waals surface area contributed by atoms with E-state index in [-0.39, 0.29) is 11.9 Å². The van der Waals surface area contributed by atoms with E-state index >= 15 is 0 Å². The van der Waals surface area contributed by atoms with Gasteiger partial charge < -0.3 is 15.4 Å². The van der Waals surface area contributed by atoms with Crippen LogP contribution in [0.4, 0.5) is 4.39 Å².